The number of aryl methyl sites for hydroxylation is 1. The van der Waals surface area contributed by atoms with Gasteiger partial charge >= 0.3 is 0 Å². The number of hydrogen-bond acceptors (Lipinski definition) is 2. The largest absolute Gasteiger partial charge is 0.311 e. The highest BCUT2D eigenvalue weighted by atomic mass is 35.5. The average Bonchev–Trinajstić information content (AvgIpc) is 2.40. The van der Waals surface area contributed by atoms with Crippen LogP contribution in [0.5, 0.6) is 0 Å². The van der Waals surface area contributed by atoms with Crippen molar-refractivity contribution in [2.75, 3.05) is 11.9 Å². The second-order valence-electron chi connectivity index (χ2n) is 4.20. The van der Waals surface area contributed by atoms with Gasteiger partial charge in [0.05, 0.1) is 10.6 Å². The summed E-state index contributed by atoms with van der Waals surface area (Å²) in [6.07, 6.45) is 1.42. The van der Waals surface area contributed by atoms with Crippen molar-refractivity contribution in [1.82, 2.24) is 4.98 Å². The molecule has 2 rings (SSSR count). The molecule has 1 aromatic carbocycles. The predicted molar refractivity (Wildman–Crippen MR) is 78.2 cm³/mol. The number of hydrogen-bond donors (Lipinski definition) is 0. The number of pyridine rings is 1. The number of amides is 1. The van der Waals surface area contributed by atoms with Gasteiger partial charge in [-0.05, 0) is 30.7 Å². The number of rotatable bonds is 2. The van der Waals surface area contributed by atoms with E-state index in [0.717, 1.165) is 11.3 Å². The van der Waals surface area contributed by atoms with E-state index in [-0.39, 0.29) is 16.1 Å². The Kier molecular flexibility index (Phi) is 4.08. The summed E-state index contributed by atoms with van der Waals surface area (Å²) in [5.74, 6) is -0.184. The highest BCUT2D eigenvalue weighted by Gasteiger charge is 2.15. The Morgan fingerprint density at radius 3 is 2.63 bits per heavy atom. The Balaban J connectivity index is 2.30. The molecule has 0 N–H and O–H groups in total. The van der Waals surface area contributed by atoms with Crippen LogP contribution in [0.1, 0.15) is 15.9 Å². The number of aromatic nitrogens is 1. The summed E-state index contributed by atoms with van der Waals surface area (Å²) in [4.78, 5) is 17.7. The summed E-state index contributed by atoms with van der Waals surface area (Å²) in [5, 5.41) is 0.460. The van der Waals surface area contributed by atoms with Gasteiger partial charge in [0.2, 0.25) is 0 Å². The number of nitrogens with zero attached hydrogens (tertiary/aromatic N) is 2. The lowest BCUT2D eigenvalue weighted by Gasteiger charge is -2.17. The summed E-state index contributed by atoms with van der Waals surface area (Å²) in [6.45, 7) is 1.97. The minimum Gasteiger partial charge on any atom is -0.311 e. The molecule has 0 saturated carbocycles. The lowest BCUT2D eigenvalue weighted by molar-refractivity contribution is 0.0992. The molecule has 1 heterocycles. The van der Waals surface area contributed by atoms with E-state index in [2.05, 4.69) is 4.98 Å². The predicted octanol–water partition coefficient (Wildman–Crippen LogP) is 3.97. The van der Waals surface area contributed by atoms with E-state index in [1.807, 2.05) is 31.2 Å². The average molecular weight is 295 g/mol. The summed E-state index contributed by atoms with van der Waals surface area (Å²) in [5.41, 5.74) is 2.30. The molecule has 5 heteroatoms. The molecular weight excluding hydrogens is 283 g/mol. The molecule has 1 amide bonds. The highest BCUT2D eigenvalue weighted by Crippen LogP contribution is 2.22. The zero-order valence-electron chi connectivity index (χ0n) is 10.5. The molecule has 3 nitrogen and oxygen atoms in total. The topological polar surface area (TPSA) is 33.2 Å². The molecule has 0 atom stereocenters. The van der Waals surface area contributed by atoms with E-state index in [1.165, 1.54) is 12.3 Å². The van der Waals surface area contributed by atoms with Gasteiger partial charge in [-0.3, -0.25) is 4.79 Å². The van der Waals surface area contributed by atoms with E-state index in [0.29, 0.717) is 5.56 Å². The van der Waals surface area contributed by atoms with E-state index < -0.39 is 0 Å². The van der Waals surface area contributed by atoms with Gasteiger partial charge in [0.1, 0.15) is 5.15 Å². The molecule has 0 aliphatic carbocycles. The summed E-state index contributed by atoms with van der Waals surface area (Å²) in [7, 11) is 1.71. The van der Waals surface area contributed by atoms with Crippen molar-refractivity contribution in [1.29, 1.82) is 0 Å². The van der Waals surface area contributed by atoms with Crippen LogP contribution in [0.3, 0.4) is 0 Å². The Labute approximate surface area is 121 Å². The van der Waals surface area contributed by atoms with Crippen LogP contribution in [0, 0.1) is 6.92 Å². The van der Waals surface area contributed by atoms with E-state index >= 15 is 0 Å². The van der Waals surface area contributed by atoms with Crippen molar-refractivity contribution < 1.29 is 4.79 Å². The Bertz CT molecular complexity index is 629. The van der Waals surface area contributed by atoms with E-state index in [9.17, 15) is 4.79 Å². The molecule has 19 heavy (non-hydrogen) atoms. The maximum absolute atomic E-state index is 12.3. The zero-order chi connectivity index (χ0) is 14.0. The Morgan fingerprint density at radius 1 is 1.26 bits per heavy atom. The maximum Gasteiger partial charge on any atom is 0.259 e. The zero-order valence-corrected chi connectivity index (χ0v) is 12.0. The third-order valence-corrected chi connectivity index (χ3v) is 3.42. The van der Waals surface area contributed by atoms with Crippen molar-refractivity contribution in [2.24, 2.45) is 0 Å². The number of benzene rings is 1. The van der Waals surface area contributed by atoms with Gasteiger partial charge in [0, 0.05) is 18.9 Å². The molecule has 0 aliphatic rings. The fourth-order valence-electron chi connectivity index (χ4n) is 1.69. The third-order valence-electron chi connectivity index (χ3n) is 2.74. The first-order chi connectivity index (χ1) is 8.99. The lowest BCUT2D eigenvalue weighted by atomic mass is 10.2. The van der Waals surface area contributed by atoms with Crippen LogP contribution in [0.15, 0.2) is 36.5 Å². The molecule has 98 valence electrons. The number of halogens is 2. The van der Waals surface area contributed by atoms with Crippen molar-refractivity contribution >= 4 is 34.8 Å². The number of carbonyl (C=O) groups excluding carboxylic acids is 1. The fourth-order valence-corrected chi connectivity index (χ4v) is 1.96. The molecule has 0 aliphatic heterocycles. The Hall–Kier alpha value is -1.58. The first kappa shape index (κ1) is 13.8. The molecule has 0 unspecified atom stereocenters. The van der Waals surface area contributed by atoms with Gasteiger partial charge in [0.15, 0.2) is 0 Å². The SMILES string of the molecule is Cc1cccc(N(C)C(=O)c2cnc(Cl)c(Cl)c2)c1. The fraction of sp³-hybridized carbons (Fsp3) is 0.143. The number of anilines is 1. The molecule has 2 aromatic rings. The molecule has 0 radical (unpaired) electrons. The first-order valence-electron chi connectivity index (χ1n) is 5.65. The highest BCUT2D eigenvalue weighted by molar-refractivity contribution is 6.41. The van der Waals surface area contributed by atoms with Gasteiger partial charge in [-0.25, -0.2) is 4.98 Å². The van der Waals surface area contributed by atoms with Crippen LogP contribution in [0.2, 0.25) is 10.2 Å². The van der Waals surface area contributed by atoms with Gasteiger partial charge in [-0.2, -0.15) is 0 Å². The normalized spacial score (nSPS) is 10.3. The van der Waals surface area contributed by atoms with Gasteiger partial charge < -0.3 is 4.90 Å². The van der Waals surface area contributed by atoms with E-state index in [1.54, 1.807) is 11.9 Å². The van der Waals surface area contributed by atoms with Gasteiger partial charge in [0.25, 0.3) is 5.91 Å². The minimum atomic E-state index is -0.184. The maximum atomic E-state index is 12.3. The third kappa shape index (κ3) is 3.06. The molecule has 1 aromatic heterocycles. The first-order valence-corrected chi connectivity index (χ1v) is 6.40. The van der Waals surface area contributed by atoms with Crippen LogP contribution in [0.25, 0.3) is 0 Å². The Morgan fingerprint density at radius 2 is 2.00 bits per heavy atom. The van der Waals surface area contributed by atoms with Crippen molar-refractivity contribution in [3.63, 3.8) is 0 Å². The van der Waals surface area contributed by atoms with Crippen LogP contribution in [-0.4, -0.2) is 17.9 Å². The van der Waals surface area contributed by atoms with Gasteiger partial charge in [-0.1, -0.05) is 35.3 Å². The standard InChI is InChI=1S/C14H12Cl2N2O/c1-9-4-3-5-11(6-9)18(2)14(19)10-7-12(15)13(16)17-8-10/h3-8H,1-2H3. The molecule has 0 fully saturated rings. The van der Waals surface area contributed by atoms with E-state index in [4.69, 9.17) is 23.2 Å². The second kappa shape index (κ2) is 5.59. The van der Waals surface area contributed by atoms with Crippen LogP contribution in [0.4, 0.5) is 5.69 Å². The molecular formula is C14H12Cl2N2O. The summed E-state index contributed by atoms with van der Waals surface area (Å²) >= 11 is 11.6. The van der Waals surface area contributed by atoms with Crippen molar-refractivity contribution in [3.05, 3.63) is 57.8 Å². The smallest absolute Gasteiger partial charge is 0.259 e. The quantitative estimate of drug-likeness (QED) is 0.785. The number of carbonyl (C=O) groups is 1. The van der Waals surface area contributed by atoms with Crippen molar-refractivity contribution in [2.45, 2.75) is 6.92 Å². The minimum absolute atomic E-state index is 0.184. The van der Waals surface area contributed by atoms with Crippen LogP contribution >= 0.6 is 23.2 Å². The monoisotopic (exact) mass is 294 g/mol. The molecule has 0 spiro atoms. The molecule has 0 saturated heterocycles. The summed E-state index contributed by atoms with van der Waals surface area (Å²) in [6, 6.07) is 9.20. The van der Waals surface area contributed by atoms with Gasteiger partial charge in [-0.15, -0.1) is 0 Å². The van der Waals surface area contributed by atoms with Crippen LogP contribution < -0.4 is 4.90 Å². The molecule has 0 bridgehead atoms. The lowest BCUT2D eigenvalue weighted by Crippen LogP contribution is -2.26. The summed E-state index contributed by atoms with van der Waals surface area (Å²) < 4.78 is 0. The van der Waals surface area contributed by atoms with Crippen molar-refractivity contribution in [3.8, 4) is 0 Å². The van der Waals surface area contributed by atoms with Crippen LogP contribution in [-0.2, 0) is 0 Å². The second-order valence-corrected chi connectivity index (χ2v) is 4.97.